The van der Waals surface area contributed by atoms with Gasteiger partial charge < -0.3 is 15.4 Å². The first-order valence-corrected chi connectivity index (χ1v) is 5.27. The Labute approximate surface area is 96.8 Å². The summed E-state index contributed by atoms with van der Waals surface area (Å²) in [5.74, 6) is 0.0399. The standard InChI is InChI=1S/C10H20N2O2S/c1-10(2,14-4)7-9(13)12(3)6-5-8(11)15/h5-7H2,1-4H3,(H2,11,15). The smallest absolute Gasteiger partial charge is 0.225 e. The molecule has 0 spiro atoms. The Bertz CT molecular complexity index is 242. The number of nitrogens with zero attached hydrogens (tertiary/aromatic N) is 1. The van der Waals surface area contributed by atoms with Gasteiger partial charge in [0.05, 0.1) is 17.0 Å². The Hall–Kier alpha value is -0.680. The molecule has 5 heteroatoms. The van der Waals surface area contributed by atoms with Crippen molar-refractivity contribution in [2.45, 2.75) is 32.3 Å². The number of amides is 1. The van der Waals surface area contributed by atoms with E-state index in [4.69, 9.17) is 22.7 Å². The van der Waals surface area contributed by atoms with E-state index in [0.717, 1.165) is 0 Å². The second kappa shape index (κ2) is 6.02. The maximum atomic E-state index is 11.7. The summed E-state index contributed by atoms with van der Waals surface area (Å²) in [5, 5.41) is 0. The first-order valence-electron chi connectivity index (χ1n) is 4.86. The summed E-state index contributed by atoms with van der Waals surface area (Å²) >= 11 is 4.75. The normalized spacial score (nSPS) is 11.2. The molecule has 0 saturated heterocycles. The highest BCUT2D eigenvalue weighted by Gasteiger charge is 2.23. The zero-order valence-electron chi connectivity index (χ0n) is 9.87. The first-order chi connectivity index (χ1) is 6.78. The Balaban J connectivity index is 4.04. The largest absolute Gasteiger partial charge is 0.393 e. The summed E-state index contributed by atoms with van der Waals surface area (Å²) in [6.45, 7) is 4.33. The molecule has 0 rings (SSSR count). The second-order valence-corrected chi connectivity index (χ2v) is 4.70. The van der Waals surface area contributed by atoms with Crippen molar-refractivity contribution in [3.05, 3.63) is 0 Å². The van der Waals surface area contributed by atoms with Crippen molar-refractivity contribution in [3.8, 4) is 0 Å². The van der Waals surface area contributed by atoms with Gasteiger partial charge in [0.1, 0.15) is 0 Å². The van der Waals surface area contributed by atoms with E-state index < -0.39 is 5.60 Å². The number of carbonyl (C=O) groups is 1. The number of nitrogens with two attached hydrogens (primary N) is 1. The van der Waals surface area contributed by atoms with E-state index in [9.17, 15) is 4.79 Å². The van der Waals surface area contributed by atoms with E-state index in [0.29, 0.717) is 24.4 Å². The fourth-order valence-corrected chi connectivity index (χ4v) is 1.07. The third-order valence-corrected chi connectivity index (χ3v) is 2.45. The van der Waals surface area contributed by atoms with Crippen LogP contribution in [0.1, 0.15) is 26.7 Å². The molecule has 0 aromatic rings. The minimum Gasteiger partial charge on any atom is -0.393 e. The molecular formula is C10H20N2O2S. The van der Waals surface area contributed by atoms with Crippen molar-refractivity contribution in [3.63, 3.8) is 0 Å². The van der Waals surface area contributed by atoms with Crippen molar-refractivity contribution < 1.29 is 9.53 Å². The highest BCUT2D eigenvalue weighted by atomic mass is 32.1. The lowest BCUT2D eigenvalue weighted by atomic mass is 10.0. The Morgan fingerprint density at radius 2 is 2.07 bits per heavy atom. The summed E-state index contributed by atoms with van der Waals surface area (Å²) in [6.07, 6.45) is 0.919. The molecular weight excluding hydrogens is 212 g/mol. The summed E-state index contributed by atoms with van der Waals surface area (Å²) in [7, 11) is 3.34. The summed E-state index contributed by atoms with van der Waals surface area (Å²) in [5.41, 5.74) is 4.94. The van der Waals surface area contributed by atoms with E-state index in [2.05, 4.69) is 0 Å². The topological polar surface area (TPSA) is 55.6 Å². The predicted molar refractivity (Wildman–Crippen MR) is 64.7 cm³/mol. The molecule has 0 bridgehead atoms. The average Bonchev–Trinajstić information content (AvgIpc) is 2.13. The maximum Gasteiger partial charge on any atom is 0.225 e. The number of thiocarbonyl (C=S) groups is 1. The summed E-state index contributed by atoms with van der Waals surface area (Å²) in [6, 6.07) is 0. The molecule has 0 aromatic heterocycles. The molecule has 0 radical (unpaired) electrons. The molecule has 0 heterocycles. The van der Waals surface area contributed by atoms with Gasteiger partial charge in [-0.2, -0.15) is 0 Å². The van der Waals surface area contributed by atoms with E-state index in [1.165, 1.54) is 0 Å². The number of hydrogen-bond donors (Lipinski definition) is 1. The van der Waals surface area contributed by atoms with Gasteiger partial charge in [-0.15, -0.1) is 0 Å². The van der Waals surface area contributed by atoms with Gasteiger partial charge in [0.2, 0.25) is 5.91 Å². The van der Waals surface area contributed by atoms with Crippen molar-refractivity contribution in [1.29, 1.82) is 0 Å². The van der Waals surface area contributed by atoms with Crippen LogP contribution in [0.25, 0.3) is 0 Å². The van der Waals surface area contributed by atoms with Crippen LogP contribution >= 0.6 is 12.2 Å². The lowest BCUT2D eigenvalue weighted by Crippen LogP contribution is -2.36. The number of rotatable bonds is 6. The van der Waals surface area contributed by atoms with Crippen molar-refractivity contribution in [2.24, 2.45) is 5.73 Å². The highest BCUT2D eigenvalue weighted by molar-refractivity contribution is 7.80. The van der Waals surface area contributed by atoms with Crippen molar-refractivity contribution in [2.75, 3.05) is 20.7 Å². The van der Waals surface area contributed by atoms with Gasteiger partial charge in [-0.1, -0.05) is 12.2 Å². The van der Waals surface area contributed by atoms with E-state index in [-0.39, 0.29) is 5.91 Å². The molecule has 0 fully saturated rings. The van der Waals surface area contributed by atoms with Gasteiger partial charge in [0.15, 0.2) is 0 Å². The van der Waals surface area contributed by atoms with Crippen LogP contribution in [-0.2, 0) is 9.53 Å². The van der Waals surface area contributed by atoms with Crippen LogP contribution in [0, 0.1) is 0 Å². The van der Waals surface area contributed by atoms with Gasteiger partial charge in [-0.05, 0) is 13.8 Å². The summed E-state index contributed by atoms with van der Waals surface area (Å²) < 4.78 is 5.19. The van der Waals surface area contributed by atoms with Crippen LogP contribution in [0.5, 0.6) is 0 Å². The van der Waals surface area contributed by atoms with Gasteiger partial charge in [-0.3, -0.25) is 4.79 Å². The fourth-order valence-electron chi connectivity index (χ4n) is 0.974. The predicted octanol–water partition coefficient (Wildman–Crippen LogP) is 0.936. The van der Waals surface area contributed by atoms with Gasteiger partial charge in [0, 0.05) is 27.1 Å². The Kier molecular flexibility index (Phi) is 5.75. The van der Waals surface area contributed by atoms with E-state index in [1.54, 1.807) is 19.1 Å². The van der Waals surface area contributed by atoms with Crippen LogP contribution in [-0.4, -0.2) is 42.1 Å². The minimum absolute atomic E-state index is 0.0399. The van der Waals surface area contributed by atoms with E-state index in [1.807, 2.05) is 13.8 Å². The SMILES string of the molecule is COC(C)(C)CC(=O)N(C)CCC(N)=S. The molecule has 0 saturated carbocycles. The first kappa shape index (κ1) is 14.3. The number of ether oxygens (including phenoxy) is 1. The van der Waals surface area contributed by atoms with Crippen molar-refractivity contribution >= 4 is 23.1 Å². The van der Waals surface area contributed by atoms with Gasteiger partial charge in [0.25, 0.3) is 0 Å². The van der Waals surface area contributed by atoms with Crippen LogP contribution in [0.2, 0.25) is 0 Å². The minimum atomic E-state index is -0.422. The van der Waals surface area contributed by atoms with Crippen LogP contribution in [0.15, 0.2) is 0 Å². The van der Waals surface area contributed by atoms with Crippen molar-refractivity contribution in [1.82, 2.24) is 4.90 Å². The van der Waals surface area contributed by atoms with Crippen LogP contribution in [0.4, 0.5) is 0 Å². The molecule has 0 aliphatic carbocycles. The molecule has 2 N–H and O–H groups in total. The molecule has 15 heavy (non-hydrogen) atoms. The second-order valence-electron chi connectivity index (χ2n) is 4.17. The molecule has 0 aromatic carbocycles. The Morgan fingerprint density at radius 3 is 2.47 bits per heavy atom. The van der Waals surface area contributed by atoms with E-state index >= 15 is 0 Å². The zero-order chi connectivity index (χ0) is 12.1. The Morgan fingerprint density at radius 1 is 1.53 bits per heavy atom. The average molecular weight is 232 g/mol. The number of carbonyl (C=O) groups excluding carboxylic acids is 1. The highest BCUT2D eigenvalue weighted by Crippen LogP contribution is 2.14. The van der Waals surface area contributed by atoms with Gasteiger partial charge >= 0.3 is 0 Å². The number of methoxy groups -OCH3 is 1. The van der Waals surface area contributed by atoms with Gasteiger partial charge in [-0.25, -0.2) is 0 Å². The molecule has 0 aliphatic rings. The molecule has 88 valence electrons. The zero-order valence-corrected chi connectivity index (χ0v) is 10.7. The monoisotopic (exact) mass is 232 g/mol. The quantitative estimate of drug-likeness (QED) is 0.692. The van der Waals surface area contributed by atoms with Crippen LogP contribution < -0.4 is 5.73 Å². The third kappa shape index (κ3) is 6.41. The lowest BCUT2D eigenvalue weighted by molar-refractivity contribution is -0.135. The lowest BCUT2D eigenvalue weighted by Gasteiger charge is -2.25. The number of hydrogen-bond acceptors (Lipinski definition) is 3. The maximum absolute atomic E-state index is 11.7. The molecule has 1 amide bonds. The molecule has 0 atom stereocenters. The molecule has 4 nitrogen and oxygen atoms in total. The molecule has 0 unspecified atom stereocenters. The fraction of sp³-hybridized carbons (Fsp3) is 0.800. The third-order valence-electron chi connectivity index (χ3n) is 2.25. The summed E-state index contributed by atoms with van der Waals surface area (Å²) in [4.78, 5) is 13.7. The molecule has 0 aliphatic heterocycles. The van der Waals surface area contributed by atoms with Crippen LogP contribution in [0.3, 0.4) is 0 Å².